The number of rotatable bonds is 3. The fourth-order valence-electron chi connectivity index (χ4n) is 1.85. The summed E-state index contributed by atoms with van der Waals surface area (Å²) >= 11 is 1.45. The minimum atomic E-state index is -1.21. The highest BCUT2D eigenvalue weighted by Gasteiger charge is 2.11. The Balaban J connectivity index is 1.82. The molecule has 0 atom stereocenters. The number of hydrogen-bond donors (Lipinski definition) is 1. The van der Waals surface area contributed by atoms with Crippen LogP contribution in [0.15, 0.2) is 36.4 Å². The quantitative estimate of drug-likeness (QED) is 0.727. The van der Waals surface area contributed by atoms with Crippen LogP contribution in [0.3, 0.4) is 0 Å². The van der Waals surface area contributed by atoms with Crippen molar-refractivity contribution in [3.8, 4) is 0 Å². The molecular weight excluding hydrogens is 285 g/mol. The fraction of sp³-hybridized carbons (Fsp3) is 0.0714. The van der Waals surface area contributed by atoms with E-state index < -0.39 is 17.5 Å². The van der Waals surface area contributed by atoms with Gasteiger partial charge in [-0.1, -0.05) is 12.1 Å². The molecule has 0 radical (unpaired) electrons. The Morgan fingerprint density at radius 1 is 1.10 bits per heavy atom. The van der Waals surface area contributed by atoms with E-state index in [1.165, 1.54) is 11.3 Å². The highest BCUT2D eigenvalue weighted by Crippen LogP contribution is 2.24. The largest absolute Gasteiger partial charge is 0.376 e. The molecule has 0 aliphatic heterocycles. The molecular formula is C14H9F3N2S. The van der Waals surface area contributed by atoms with Crippen molar-refractivity contribution in [3.05, 3.63) is 58.9 Å². The average molecular weight is 294 g/mol. The van der Waals surface area contributed by atoms with E-state index in [9.17, 15) is 13.2 Å². The molecule has 1 N–H and O–H groups in total. The van der Waals surface area contributed by atoms with Crippen molar-refractivity contribution in [2.75, 3.05) is 5.32 Å². The number of aromatic nitrogens is 1. The molecule has 0 spiro atoms. The summed E-state index contributed by atoms with van der Waals surface area (Å²) in [5, 5.41) is 3.38. The monoisotopic (exact) mass is 294 g/mol. The van der Waals surface area contributed by atoms with Crippen molar-refractivity contribution >= 4 is 27.2 Å². The first-order valence-corrected chi connectivity index (χ1v) is 6.68. The van der Waals surface area contributed by atoms with Crippen molar-refractivity contribution in [3.63, 3.8) is 0 Å². The number of fused-ring (bicyclic) bond motifs is 1. The van der Waals surface area contributed by atoms with Gasteiger partial charge in [0.2, 0.25) is 0 Å². The first kappa shape index (κ1) is 12.9. The third-order valence-electron chi connectivity index (χ3n) is 2.76. The van der Waals surface area contributed by atoms with Crippen LogP contribution in [0.4, 0.5) is 18.9 Å². The van der Waals surface area contributed by atoms with Crippen LogP contribution in [0, 0.1) is 17.5 Å². The van der Waals surface area contributed by atoms with Gasteiger partial charge in [0, 0.05) is 12.1 Å². The van der Waals surface area contributed by atoms with Gasteiger partial charge in [0.15, 0.2) is 11.6 Å². The van der Waals surface area contributed by atoms with E-state index in [-0.39, 0.29) is 12.2 Å². The maximum Gasteiger partial charge on any atom is 0.182 e. The number of benzene rings is 2. The van der Waals surface area contributed by atoms with Crippen molar-refractivity contribution in [1.82, 2.24) is 4.98 Å². The fourth-order valence-corrected chi connectivity index (χ4v) is 2.76. The standard InChI is InChI=1S/C14H9F3N2S/c15-8-5-9(16)14(17)11(6-8)18-7-13-19-10-3-1-2-4-12(10)20-13/h1-6,18H,7H2. The summed E-state index contributed by atoms with van der Waals surface area (Å²) in [6.45, 7) is 0.207. The molecule has 0 amide bonds. The molecule has 20 heavy (non-hydrogen) atoms. The van der Waals surface area contributed by atoms with Crippen LogP contribution >= 0.6 is 11.3 Å². The van der Waals surface area contributed by atoms with Crippen molar-refractivity contribution in [1.29, 1.82) is 0 Å². The third-order valence-corrected chi connectivity index (χ3v) is 3.80. The molecule has 6 heteroatoms. The second-order valence-corrected chi connectivity index (χ2v) is 5.29. The van der Waals surface area contributed by atoms with E-state index in [2.05, 4.69) is 10.3 Å². The van der Waals surface area contributed by atoms with E-state index >= 15 is 0 Å². The Kier molecular flexibility index (Phi) is 3.31. The molecule has 102 valence electrons. The highest BCUT2D eigenvalue weighted by atomic mass is 32.1. The number of anilines is 1. The van der Waals surface area contributed by atoms with Crippen LogP contribution in [0.2, 0.25) is 0 Å². The summed E-state index contributed by atoms with van der Waals surface area (Å²) in [6.07, 6.45) is 0. The van der Waals surface area contributed by atoms with Gasteiger partial charge in [-0.2, -0.15) is 0 Å². The molecule has 1 heterocycles. The summed E-state index contributed by atoms with van der Waals surface area (Å²) in [5.41, 5.74) is 0.641. The van der Waals surface area contributed by atoms with Gasteiger partial charge in [-0.25, -0.2) is 18.2 Å². The van der Waals surface area contributed by atoms with Gasteiger partial charge < -0.3 is 5.32 Å². The lowest BCUT2D eigenvalue weighted by Gasteiger charge is -2.06. The molecule has 0 aliphatic carbocycles. The van der Waals surface area contributed by atoms with Crippen molar-refractivity contribution < 1.29 is 13.2 Å². The lowest BCUT2D eigenvalue weighted by atomic mass is 10.3. The second-order valence-electron chi connectivity index (χ2n) is 4.18. The van der Waals surface area contributed by atoms with Crippen molar-refractivity contribution in [2.45, 2.75) is 6.54 Å². The van der Waals surface area contributed by atoms with Gasteiger partial charge >= 0.3 is 0 Å². The van der Waals surface area contributed by atoms with Crippen LogP contribution in [0.1, 0.15) is 5.01 Å². The number of halogens is 3. The van der Waals surface area contributed by atoms with Crippen molar-refractivity contribution in [2.24, 2.45) is 0 Å². The van der Waals surface area contributed by atoms with Crippen LogP contribution in [0.25, 0.3) is 10.2 Å². The van der Waals surface area contributed by atoms with Gasteiger partial charge in [0.1, 0.15) is 10.8 Å². The Hall–Kier alpha value is -2.08. The van der Waals surface area contributed by atoms with Gasteiger partial charge in [0.05, 0.1) is 22.4 Å². The number of nitrogens with zero attached hydrogens (tertiary/aromatic N) is 1. The lowest BCUT2D eigenvalue weighted by Crippen LogP contribution is -2.03. The molecule has 0 saturated carbocycles. The highest BCUT2D eigenvalue weighted by molar-refractivity contribution is 7.18. The van der Waals surface area contributed by atoms with E-state index in [1.807, 2.05) is 24.3 Å². The molecule has 1 aromatic heterocycles. The second kappa shape index (κ2) is 5.13. The van der Waals surface area contributed by atoms with Crippen LogP contribution in [-0.4, -0.2) is 4.98 Å². The summed E-state index contributed by atoms with van der Waals surface area (Å²) in [4.78, 5) is 4.35. The van der Waals surface area contributed by atoms with E-state index in [0.717, 1.165) is 21.3 Å². The summed E-state index contributed by atoms with van der Waals surface area (Å²) in [6, 6.07) is 9.01. The molecule has 0 aliphatic rings. The van der Waals surface area contributed by atoms with Gasteiger partial charge in [0.25, 0.3) is 0 Å². The minimum Gasteiger partial charge on any atom is -0.376 e. The van der Waals surface area contributed by atoms with Crippen LogP contribution in [0.5, 0.6) is 0 Å². The molecule has 0 unspecified atom stereocenters. The number of thiazole rings is 1. The summed E-state index contributed by atoms with van der Waals surface area (Å²) in [7, 11) is 0. The van der Waals surface area contributed by atoms with Crippen LogP contribution < -0.4 is 5.32 Å². The zero-order chi connectivity index (χ0) is 14.1. The Morgan fingerprint density at radius 3 is 2.70 bits per heavy atom. The normalized spacial score (nSPS) is 10.9. The Labute approximate surface area is 116 Å². The Morgan fingerprint density at radius 2 is 1.90 bits per heavy atom. The molecule has 2 aromatic carbocycles. The van der Waals surface area contributed by atoms with E-state index in [4.69, 9.17) is 0 Å². The molecule has 0 saturated heterocycles. The zero-order valence-corrected chi connectivity index (χ0v) is 11.0. The predicted molar refractivity (Wildman–Crippen MR) is 73.3 cm³/mol. The third kappa shape index (κ3) is 2.46. The maximum absolute atomic E-state index is 13.5. The van der Waals surface area contributed by atoms with Crippen LogP contribution in [-0.2, 0) is 6.54 Å². The lowest BCUT2D eigenvalue weighted by molar-refractivity contribution is 0.497. The van der Waals surface area contributed by atoms with E-state index in [1.54, 1.807) is 0 Å². The average Bonchev–Trinajstić information content (AvgIpc) is 2.84. The van der Waals surface area contributed by atoms with Gasteiger partial charge in [-0.15, -0.1) is 11.3 Å². The number of para-hydroxylation sites is 1. The molecule has 2 nitrogen and oxygen atoms in total. The van der Waals surface area contributed by atoms with Gasteiger partial charge in [-0.05, 0) is 12.1 Å². The molecule has 0 fully saturated rings. The smallest absolute Gasteiger partial charge is 0.182 e. The molecule has 3 rings (SSSR count). The van der Waals surface area contributed by atoms with Gasteiger partial charge in [-0.3, -0.25) is 0 Å². The SMILES string of the molecule is Fc1cc(F)c(F)c(NCc2nc3ccccc3s2)c1. The first-order valence-electron chi connectivity index (χ1n) is 5.86. The predicted octanol–water partition coefficient (Wildman–Crippen LogP) is 4.33. The number of nitrogens with one attached hydrogen (secondary N) is 1. The first-order chi connectivity index (χ1) is 9.63. The Bertz CT molecular complexity index is 737. The summed E-state index contributed by atoms with van der Waals surface area (Å²) < 4.78 is 40.6. The minimum absolute atomic E-state index is 0.207. The molecule has 0 bridgehead atoms. The topological polar surface area (TPSA) is 24.9 Å². The maximum atomic E-state index is 13.5. The van der Waals surface area contributed by atoms with E-state index in [0.29, 0.717) is 6.07 Å². The molecule has 3 aromatic rings. The number of hydrogen-bond acceptors (Lipinski definition) is 3. The summed E-state index contributed by atoms with van der Waals surface area (Å²) in [5.74, 6) is -3.12. The zero-order valence-electron chi connectivity index (χ0n) is 10.2.